The van der Waals surface area contributed by atoms with E-state index in [0.29, 0.717) is 24.1 Å². The first kappa shape index (κ1) is 15.3. The first-order valence-electron chi connectivity index (χ1n) is 6.16. The van der Waals surface area contributed by atoms with Crippen molar-refractivity contribution in [1.82, 2.24) is 13.1 Å². The van der Waals surface area contributed by atoms with Gasteiger partial charge in [-0.25, -0.2) is 12.7 Å². The molecule has 2 aromatic rings. The number of benzene rings is 1. The Morgan fingerprint density at radius 1 is 1.35 bits per heavy atom. The van der Waals surface area contributed by atoms with Crippen LogP contribution in [0, 0.1) is 5.41 Å². The van der Waals surface area contributed by atoms with E-state index < -0.39 is 10.0 Å². The number of fused-ring (bicyclic) bond motifs is 1. The summed E-state index contributed by atoms with van der Waals surface area (Å²) in [6.07, 6.45) is 0. The van der Waals surface area contributed by atoms with Crippen molar-refractivity contribution in [3.05, 3.63) is 18.2 Å². The summed E-state index contributed by atoms with van der Waals surface area (Å²) in [5.74, 6) is 0. The van der Waals surface area contributed by atoms with Gasteiger partial charge in [-0.05, 0) is 24.1 Å². The van der Waals surface area contributed by atoms with Gasteiger partial charge in [0.1, 0.15) is 15.9 Å². The zero-order valence-electron chi connectivity index (χ0n) is 11.7. The average Bonchev–Trinajstić information content (AvgIpc) is 2.85. The fourth-order valence-electron chi connectivity index (χ4n) is 1.91. The van der Waals surface area contributed by atoms with Gasteiger partial charge in [-0.2, -0.15) is 8.75 Å². The van der Waals surface area contributed by atoms with E-state index in [1.807, 2.05) is 13.8 Å². The largest absolute Gasteiger partial charge is 0.330 e. The Balaban J connectivity index is 2.42. The van der Waals surface area contributed by atoms with Gasteiger partial charge in [0.05, 0.1) is 11.7 Å². The maximum atomic E-state index is 12.7. The van der Waals surface area contributed by atoms with Crippen LogP contribution in [-0.4, -0.2) is 41.6 Å². The predicted molar refractivity (Wildman–Crippen MR) is 80.1 cm³/mol. The van der Waals surface area contributed by atoms with Crippen molar-refractivity contribution in [2.24, 2.45) is 11.1 Å². The van der Waals surface area contributed by atoms with Gasteiger partial charge < -0.3 is 5.73 Å². The molecule has 0 aliphatic heterocycles. The van der Waals surface area contributed by atoms with E-state index in [2.05, 4.69) is 8.75 Å². The fourth-order valence-corrected chi connectivity index (χ4v) is 4.02. The molecule has 0 unspecified atom stereocenters. The number of hydrogen-bond acceptors (Lipinski definition) is 6. The van der Waals surface area contributed by atoms with E-state index in [9.17, 15) is 8.42 Å². The summed E-state index contributed by atoms with van der Waals surface area (Å²) in [5.41, 5.74) is 6.41. The third-order valence-electron chi connectivity index (χ3n) is 3.14. The summed E-state index contributed by atoms with van der Waals surface area (Å²) in [4.78, 5) is 0.194. The van der Waals surface area contributed by atoms with Crippen LogP contribution in [0.25, 0.3) is 11.0 Å². The highest BCUT2D eigenvalue weighted by molar-refractivity contribution is 7.89. The highest BCUT2D eigenvalue weighted by Gasteiger charge is 2.29. The summed E-state index contributed by atoms with van der Waals surface area (Å²) in [6, 6.07) is 4.99. The van der Waals surface area contributed by atoms with Crippen LogP contribution in [0.15, 0.2) is 23.1 Å². The van der Waals surface area contributed by atoms with E-state index in [1.54, 1.807) is 25.2 Å². The van der Waals surface area contributed by atoms with Crippen molar-refractivity contribution in [3.63, 3.8) is 0 Å². The molecule has 0 bridgehead atoms. The SMILES string of the molecule is CN(CC(C)(C)CN)S(=O)(=O)c1cccc2nsnc12. The Kier molecular flexibility index (Phi) is 4.10. The minimum atomic E-state index is -3.60. The lowest BCUT2D eigenvalue weighted by Crippen LogP contribution is -2.39. The van der Waals surface area contributed by atoms with Gasteiger partial charge in [-0.3, -0.25) is 0 Å². The second kappa shape index (κ2) is 5.36. The molecule has 8 heteroatoms. The summed E-state index contributed by atoms with van der Waals surface area (Å²) >= 11 is 1.01. The quantitative estimate of drug-likeness (QED) is 0.898. The average molecular weight is 314 g/mol. The molecule has 1 heterocycles. The fraction of sp³-hybridized carbons (Fsp3) is 0.500. The number of sulfonamides is 1. The van der Waals surface area contributed by atoms with Gasteiger partial charge in [-0.1, -0.05) is 19.9 Å². The van der Waals surface area contributed by atoms with E-state index in [4.69, 9.17) is 5.73 Å². The van der Waals surface area contributed by atoms with Crippen molar-refractivity contribution in [1.29, 1.82) is 0 Å². The Morgan fingerprint density at radius 3 is 2.70 bits per heavy atom. The van der Waals surface area contributed by atoms with Crippen LogP contribution >= 0.6 is 11.7 Å². The number of nitrogens with zero attached hydrogens (tertiary/aromatic N) is 3. The molecule has 0 fully saturated rings. The lowest BCUT2D eigenvalue weighted by atomic mass is 9.94. The van der Waals surface area contributed by atoms with Crippen LogP contribution < -0.4 is 5.73 Å². The van der Waals surface area contributed by atoms with E-state index in [0.717, 1.165) is 11.7 Å². The van der Waals surface area contributed by atoms with Crippen LogP contribution in [0.3, 0.4) is 0 Å². The highest BCUT2D eigenvalue weighted by Crippen LogP contribution is 2.25. The number of hydrogen-bond donors (Lipinski definition) is 1. The molecule has 0 radical (unpaired) electrons. The number of rotatable bonds is 5. The standard InChI is InChI=1S/C12H18N4O2S2/c1-12(2,7-13)8-16(3)20(17,18)10-6-4-5-9-11(10)15-19-14-9/h4-6H,7-8,13H2,1-3H3. The minimum absolute atomic E-state index is 0.194. The Labute approximate surface area is 123 Å². The molecule has 2 rings (SSSR count). The van der Waals surface area contributed by atoms with Crippen molar-refractivity contribution in [2.75, 3.05) is 20.1 Å². The van der Waals surface area contributed by atoms with Crippen molar-refractivity contribution in [3.8, 4) is 0 Å². The predicted octanol–water partition coefficient (Wildman–Crippen LogP) is 1.30. The molecular formula is C12H18N4O2S2. The summed E-state index contributed by atoms with van der Waals surface area (Å²) in [5, 5.41) is 0. The molecular weight excluding hydrogens is 296 g/mol. The number of aromatic nitrogens is 2. The highest BCUT2D eigenvalue weighted by atomic mass is 32.2. The summed E-state index contributed by atoms with van der Waals surface area (Å²) in [6.45, 7) is 4.63. The zero-order chi connectivity index (χ0) is 15.0. The molecule has 0 atom stereocenters. The number of nitrogens with two attached hydrogens (primary N) is 1. The Morgan fingerprint density at radius 2 is 2.05 bits per heavy atom. The Hall–Kier alpha value is -1.09. The third kappa shape index (κ3) is 2.83. The molecule has 0 saturated heterocycles. The molecule has 20 heavy (non-hydrogen) atoms. The van der Waals surface area contributed by atoms with Gasteiger partial charge in [0.15, 0.2) is 0 Å². The van der Waals surface area contributed by atoms with Crippen LogP contribution in [0.2, 0.25) is 0 Å². The van der Waals surface area contributed by atoms with Gasteiger partial charge in [0.2, 0.25) is 10.0 Å². The summed E-state index contributed by atoms with van der Waals surface area (Å²) in [7, 11) is -2.04. The van der Waals surface area contributed by atoms with E-state index in [1.165, 1.54) is 4.31 Å². The van der Waals surface area contributed by atoms with Gasteiger partial charge in [0, 0.05) is 13.6 Å². The van der Waals surface area contributed by atoms with Crippen LogP contribution in [0.4, 0.5) is 0 Å². The van der Waals surface area contributed by atoms with Gasteiger partial charge in [-0.15, -0.1) is 0 Å². The second-order valence-corrected chi connectivity index (χ2v) is 8.06. The van der Waals surface area contributed by atoms with Crippen molar-refractivity contribution >= 4 is 32.8 Å². The molecule has 0 aliphatic carbocycles. The van der Waals surface area contributed by atoms with Crippen LogP contribution in [0.5, 0.6) is 0 Å². The molecule has 6 nitrogen and oxygen atoms in total. The van der Waals surface area contributed by atoms with Gasteiger partial charge in [0.25, 0.3) is 0 Å². The topological polar surface area (TPSA) is 89.2 Å². The molecule has 1 aromatic heterocycles. The lowest BCUT2D eigenvalue weighted by molar-refractivity contribution is 0.292. The van der Waals surface area contributed by atoms with E-state index >= 15 is 0 Å². The molecule has 110 valence electrons. The Bertz CT molecular complexity index is 709. The molecule has 1 aromatic carbocycles. The molecule has 0 spiro atoms. The maximum Gasteiger partial charge on any atom is 0.245 e. The second-order valence-electron chi connectivity index (χ2n) is 5.52. The molecule has 0 saturated carbocycles. The summed E-state index contributed by atoms with van der Waals surface area (Å²) < 4.78 is 34.8. The monoisotopic (exact) mass is 314 g/mol. The van der Waals surface area contributed by atoms with Crippen LogP contribution in [0.1, 0.15) is 13.8 Å². The smallest absolute Gasteiger partial charge is 0.245 e. The molecule has 2 N–H and O–H groups in total. The zero-order valence-corrected chi connectivity index (χ0v) is 13.3. The molecule has 0 amide bonds. The maximum absolute atomic E-state index is 12.7. The van der Waals surface area contributed by atoms with Crippen LogP contribution in [-0.2, 0) is 10.0 Å². The van der Waals surface area contributed by atoms with Gasteiger partial charge >= 0.3 is 0 Å². The first-order chi connectivity index (χ1) is 9.28. The molecule has 0 aliphatic rings. The first-order valence-corrected chi connectivity index (χ1v) is 8.33. The van der Waals surface area contributed by atoms with Crippen molar-refractivity contribution in [2.45, 2.75) is 18.7 Å². The third-order valence-corrected chi connectivity index (χ3v) is 5.52. The minimum Gasteiger partial charge on any atom is -0.330 e. The van der Waals surface area contributed by atoms with E-state index in [-0.39, 0.29) is 10.3 Å². The van der Waals surface area contributed by atoms with Crippen molar-refractivity contribution < 1.29 is 8.42 Å². The normalized spacial score (nSPS) is 13.2. The lowest BCUT2D eigenvalue weighted by Gasteiger charge is -2.28.